The zero-order chi connectivity index (χ0) is 23.8. The maximum atomic E-state index is 13.3. The van der Waals surface area contributed by atoms with Crippen molar-refractivity contribution in [1.29, 1.82) is 0 Å². The average molecular weight is 451 g/mol. The number of carbonyl (C=O) groups is 1. The van der Waals surface area contributed by atoms with Crippen molar-refractivity contribution < 1.29 is 14.6 Å². The Balaban J connectivity index is 1.78. The van der Waals surface area contributed by atoms with Gasteiger partial charge in [-0.05, 0) is 49.9 Å². The van der Waals surface area contributed by atoms with Gasteiger partial charge in [-0.3, -0.25) is 9.69 Å². The summed E-state index contributed by atoms with van der Waals surface area (Å²) in [6.07, 6.45) is 1.14. The van der Waals surface area contributed by atoms with Gasteiger partial charge in [0.05, 0.1) is 19.3 Å². The fourth-order valence-corrected chi connectivity index (χ4v) is 4.82. The molecule has 1 heterocycles. The van der Waals surface area contributed by atoms with E-state index in [4.69, 9.17) is 4.74 Å². The van der Waals surface area contributed by atoms with Gasteiger partial charge in [-0.1, -0.05) is 48.5 Å². The van der Waals surface area contributed by atoms with Crippen LogP contribution in [0.3, 0.4) is 0 Å². The second-order valence-corrected chi connectivity index (χ2v) is 9.34. The van der Waals surface area contributed by atoms with Gasteiger partial charge in [0, 0.05) is 43.7 Å². The van der Waals surface area contributed by atoms with Crippen LogP contribution in [0.2, 0.25) is 0 Å². The molecule has 5 heteroatoms. The van der Waals surface area contributed by atoms with Crippen molar-refractivity contribution in [2.75, 3.05) is 39.4 Å². The Morgan fingerprint density at radius 3 is 2.55 bits per heavy atom. The van der Waals surface area contributed by atoms with E-state index in [1.807, 2.05) is 35.2 Å². The zero-order valence-electron chi connectivity index (χ0n) is 20.2. The molecule has 33 heavy (non-hydrogen) atoms. The van der Waals surface area contributed by atoms with Crippen molar-refractivity contribution in [3.63, 3.8) is 0 Å². The number of rotatable bonds is 11. The van der Waals surface area contributed by atoms with Gasteiger partial charge in [0.1, 0.15) is 0 Å². The number of amides is 1. The van der Waals surface area contributed by atoms with E-state index in [1.165, 1.54) is 11.1 Å². The van der Waals surface area contributed by atoms with E-state index >= 15 is 0 Å². The lowest BCUT2D eigenvalue weighted by atomic mass is 9.86. The first-order valence-corrected chi connectivity index (χ1v) is 11.9. The summed E-state index contributed by atoms with van der Waals surface area (Å²) in [5.41, 5.74) is 3.33. The molecule has 1 aliphatic rings. The van der Waals surface area contributed by atoms with E-state index < -0.39 is 6.10 Å². The number of benzene rings is 2. The Morgan fingerprint density at radius 1 is 1.18 bits per heavy atom. The molecule has 2 aromatic rings. The molecule has 2 aromatic carbocycles. The molecular formula is C28H38N2O3. The summed E-state index contributed by atoms with van der Waals surface area (Å²) in [7, 11) is 0. The van der Waals surface area contributed by atoms with Crippen LogP contribution in [0.5, 0.6) is 0 Å². The highest BCUT2D eigenvalue weighted by atomic mass is 16.5. The molecule has 5 nitrogen and oxygen atoms in total. The van der Waals surface area contributed by atoms with Crippen LogP contribution in [0.4, 0.5) is 0 Å². The minimum Gasteiger partial charge on any atom is -0.389 e. The minimum absolute atomic E-state index is 0.0745. The Kier molecular flexibility index (Phi) is 9.24. The van der Waals surface area contributed by atoms with Gasteiger partial charge < -0.3 is 14.7 Å². The molecular weight excluding hydrogens is 412 g/mol. The van der Waals surface area contributed by atoms with Crippen molar-refractivity contribution in [2.24, 2.45) is 5.92 Å². The molecule has 1 N–H and O–H groups in total. The van der Waals surface area contributed by atoms with Crippen molar-refractivity contribution in [2.45, 2.75) is 38.8 Å². The van der Waals surface area contributed by atoms with E-state index in [-0.39, 0.29) is 17.9 Å². The Labute approximate surface area is 198 Å². The third kappa shape index (κ3) is 6.76. The predicted molar refractivity (Wildman–Crippen MR) is 133 cm³/mol. The summed E-state index contributed by atoms with van der Waals surface area (Å²) in [5.74, 6) is 0.658. The maximum Gasteiger partial charge on any atom is 0.254 e. The molecule has 1 amide bonds. The Bertz CT molecular complexity index is 899. The van der Waals surface area contributed by atoms with Gasteiger partial charge in [-0.25, -0.2) is 0 Å². The third-order valence-corrected chi connectivity index (χ3v) is 6.46. The quantitative estimate of drug-likeness (QED) is 0.413. The van der Waals surface area contributed by atoms with Gasteiger partial charge in [0.15, 0.2) is 0 Å². The van der Waals surface area contributed by atoms with Crippen LogP contribution >= 0.6 is 0 Å². The second-order valence-electron chi connectivity index (χ2n) is 9.34. The van der Waals surface area contributed by atoms with E-state index in [1.54, 1.807) is 6.08 Å². The number of aryl methyl sites for hydroxylation is 1. The number of β-amino-alcohol motifs (C(OH)–C–C–N with tert-alkyl or cyclic N) is 1. The van der Waals surface area contributed by atoms with Crippen LogP contribution in [0, 0.1) is 12.8 Å². The zero-order valence-corrected chi connectivity index (χ0v) is 20.2. The topological polar surface area (TPSA) is 53.0 Å². The van der Waals surface area contributed by atoms with E-state index in [9.17, 15) is 9.90 Å². The number of hydrogen-bond acceptors (Lipinski definition) is 4. The highest BCUT2D eigenvalue weighted by molar-refractivity contribution is 5.94. The first-order chi connectivity index (χ1) is 15.9. The number of nitrogens with zero attached hydrogens (tertiary/aromatic N) is 2. The maximum absolute atomic E-state index is 13.3. The standard InChI is InChI=1S/C28H38N2O3/c1-5-15-33-20-25(31)18-29-16-24(27(19-29)26-14-10-9-11-22(26)4)17-30(21(2)3)28(32)23-12-7-6-8-13-23/h5-14,21,24-25,27,31H,1,15-20H2,2-4H3. The molecule has 0 aliphatic carbocycles. The number of carbonyl (C=O) groups excluding carboxylic acids is 1. The van der Waals surface area contributed by atoms with Crippen LogP contribution < -0.4 is 0 Å². The second kappa shape index (κ2) is 12.1. The van der Waals surface area contributed by atoms with E-state index in [2.05, 4.69) is 56.5 Å². The molecule has 0 saturated carbocycles. The van der Waals surface area contributed by atoms with E-state index in [0.29, 0.717) is 32.2 Å². The first kappa shape index (κ1) is 25.2. The number of ether oxygens (including phenoxy) is 1. The minimum atomic E-state index is -0.548. The molecule has 1 aliphatic heterocycles. The van der Waals surface area contributed by atoms with Crippen LogP contribution in [0.15, 0.2) is 67.3 Å². The lowest BCUT2D eigenvalue weighted by Gasteiger charge is -2.32. The summed E-state index contributed by atoms with van der Waals surface area (Å²) in [6.45, 7) is 13.6. The summed E-state index contributed by atoms with van der Waals surface area (Å²) >= 11 is 0. The SMILES string of the molecule is C=CCOCC(O)CN1CC(CN(C(=O)c2ccccc2)C(C)C)C(c2ccccc2C)C1. The van der Waals surface area contributed by atoms with Crippen LogP contribution in [-0.2, 0) is 4.74 Å². The number of aliphatic hydroxyl groups is 1. The van der Waals surface area contributed by atoms with Crippen LogP contribution in [-0.4, -0.2) is 72.4 Å². The lowest BCUT2D eigenvalue weighted by Crippen LogP contribution is -2.42. The average Bonchev–Trinajstić information content (AvgIpc) is 3.19. The molecule has 3 atom stereocenters. The molecule has 1 saturated heterocycles. The van der Waals surface area contributed by atoms with Gasteiger partial charge in [0.25, 0.3) is 5.91 Å². The highest BCUT2D eigenvalue weighted by Crippen LogP contribution is 2.35. The van der Waals surface area contributed by atoms with Crippen molar-refractivity contribution >= 4 is 5.91 Å². The molecule has 178 valence electrons. The largest absolute Gasteiger partial charge is 0.389 e. The number of hydrogen-bond donors (Lipinski definition) is 1. The third-order valence-electron chi connectivity index (χ3n) is 6.46. The summed E-state index contributed by atoms with van der Waals surface area (Å²) in [6, 6.07) is 18.2. The molecule has 3 rings (SSSR count). The molecule has 0 bridgehead atoms. The molecule has 0 radical (unpaired) electrons. The Morgan fingerprint density at radius 2 is 1.88 bits per heavy atom. The van der Waals surface area contributed by atoms with Crippen molar-refractivity contribution in [3.8, 4) is 0 Å². The normalized spacial score (nSPS) is 19.5. The summed E-state index contributed by atoms with van der Waals surface area (Å²) in [4.78, 5) is 17.7. The van der Waals surface area contributed by atoms with Gasteiger partial charge in [0.2, 0.25) is 0 Å². The number of likely N-dealkylation sites (tertiary alicyclic amines) is 1. The van der Waals surface area contributed by atoms with E-state index in [0.717, 1.165) is 18.7 Å². The lowest BCUT2D eigenvalue weighted by molar-refractivity contribution is 0.0294. The summed E-state index contributed by atoms with van der Waals surface area (Å²) < 4.78 is 5.44. The predicted octanol–water partition coefficient (Wildman–Crippen LogP) is 4.12. The van der Waals surface area contributed by atoms with Crippen molar-refractivity contribution in [1.82, 2.24) is 9.80 Å². The van der Waals surface area contributed by atoms with Crippen LogP contribution in [0.1, 0.15) is 41.3 Å². The summed E-state index contributed by atoms with van der Waals surface area (Å²) in [5, 5.41) is 10.5. The van der Waals surface area contributed by atoms with Gasteiger partial charge >= 0.3 is 0 Å². The monoisotopic (exact) mass is 450 g/mol. The highest BCUT2D eigenvalue weighted by Gasteiger charge is 2.37. The molecule has 3 unspecified atom stereocenters. The number of aliphatic hydroxyl groups excluding tert-OH is 1. The smallest absolute Gasteiger partial charge is 0.254 e. The fourth-order valence-electron chi connectivity index (χ4n) is 4.82. The first-order valence-electron chi connectivity index (χ1n) is 11.9. The van der Waals surface area contributed by atoms with Gasteiger partial charge in [-0.2, -0.15) is 0 Å². The van der Waals surface area contributed by atoms with Crippen LogP contribution in [0.25, 0.3) is 0 Å². The van der Waals surface area contributed by atoms with Gasteiger partial charge in [-0.15, -0.1) is 6.58 Å². The molecule has 0 spiro atoms. The Hall–Kier alpha value is -2.47. The molecule has 1 fully saturated rings. The van der Waals surface area contributed by atoms with Crippen molar-refractivity contribution in [3.05, 3.63) is 83.9 Å². The fraction of sp³-hybridized carbons (Fsp3) is 0.464. The molecule has 0 aromatic heterocycles.